The molecule has 0 saturated carbocycles. The standard InChI is InChI=1S/C11H17N3O2/c1-4-5-10(15)14-7-6-12-8-9(14)11(16)13(2)3/h9,12H,6-8H2,1-3H3. The number of piperazine rings is 1. The van der Waals surface area contributed by atoms with Gasteiger partial charge in [0.2, 0.25) is 5.91 Å². The largest absolute Gasteiger partial charge is 0.347 e. The third-order valence-corrected chi connectivity index (χ3v) is 2.46. The summed E-state index contributed by atoms with van der Waals surface area (Å²) < 4.78 is 0. The predicted octanol–water partition coefficient (Wildman–Crippen LogP) is -1.10. The number of amides is 2. The maximum absolute atomic E-state index is 11.9. The van der Waals surface area contributed by atoms with Gasteiger partial charge in [-0.15, -0.1) is 0 Å². The SMILES string of the molecule is CC#CC(=O)N1CCNCC1C(=O)N(C)C. The van der Waals surface area contributed by atoms with Crippen LogP contribution in [0.15, 0.2) is 0 Å². The van der Waals surface area contributed by atoms with Crippen molar-refractivity contribution in [2.75, 3.05) is 33.7 Å². The minimum atomic E-state index is -0.433. The summed E-state index contributed by atoms with van der Waals surface area (Å²) in [6, 6.07) is -0.433. The summed E-state index contributed by atoms with van der Waals surface area (Å²) in [5.41, 5.74) is 0. The molecule has 1 fully saturated rings. The molecule has 5 nitrogen and oxygen atoms in total. The van der Waals surface area contributed by atoms with Crippen LogP contribution in [-0.2, 0) is 9.59 Å². The molecule has 0 aromatic rings. The Hall–Kier alpha value is -1.54. The van der Waals surface area contributed by atoms with E-state index >= 15 is 0 Å². The molecular weight excluding hydrogens is 206 g/mol. The first-order chi connectivity index (χ1) is 7.57. The summed E-state index contributed by atoms with van der Waals surface area (Å²) in [7, 11) is 3.37. The minimum Gasteiger partial charge on any atom is -0.347 e. The van der Waals surface area contributed by atoms with Crippen molar-refractivity contribution in [1.82, 2.24) is 15.1 Å². The van der Waals surface area contributed by atoms with Crippen LogP contribution in [0.25, 0.3) is 0 Å². The zero-order valence-electron chi connectivity index (χ0n) is 9.91. The third kappa shape index (κ3) is 2.74. The summed E-state index contributed by atoms with van der Waals surface area (Å²) in [6.45, 7) is 3.34. The van der Waals surface area contributed by atoms with Crippen LogP contribution in [0.5, 0.6) is 0 Å². The van der Waals surface area contributed by atoms with Crippen molar-refractivity contribution in [3.63, 3.8) is 0 Å². The van der Waals surface area contributed by atoms with Crippen LogP contribution < -0.4 is 5.32 Å². The molecule has 2 amide bonds. The van der Waals surface area contributed by atoms with E-state index in [0.717, 1.165) is 0 Å². The van der Waals surface area contributed by atoms with E-state index in [4.69, 9.17) is 0 Å². The molecule has 1 rings (SSSR count). The first-order valence-corrected chi connectivity index (χ1v) is 5.23. The van der Waals surface area contributed by atoms with Gasteiger partial charge in [-0.3, -0.25) is 9.59 Å². The molecule has 1 aliphatic rings. The van der Waals surface area contributed by atoms with Crippen molar-refractivity contribution in [1.29, 1.82) is 0 Å². The molecule has 1 unspecified atom stereocenters. The highest BCUT2D eigenvalue weighted by molar-refractivity contribution is 5.97. The second-order valence-electron chi connectivity index (χ2n) is 3.83. The quantitative estimate of drug-likeness (QED) is 0.574. The smallest absolute Gasteiger partial charge is 0.299 e. The number of nitrogens with one attached hydrogen (secondary N) is 1. The van der Waals surface area contributed by atoms with Crippen molar-refractivity contribution in [3.8, 4) is 11.8 Å². The van der Waals surface area contributed by atoms with E-state index in [2.05, 4.69) is 17.2 Å². The number of likely N-dealkylation sites (N-methyl/N-ethyl adjacent to an activating group) is 1. The Morgan fingerprint density at radius 3 is 2.69 bits per heavy atom. The van der Waals surface area contributed by atoms with Crippen molar-refractivity contribution >= 4 is 11.8 Å². The predicted molar refractivity (Wildman–Crippen MR) is 60.5 cm³/mol. The van der Waals surface area contributed by atoms with Crippen LogP contribution in [0.2, 0.25) is 0 Å². The average Bonchev–Trinajstić information content (AvgIpc) is 2.28. The van der Waals surface area contributed by atoms with E-state index in [0.29, 0.717) is 19.6 Å². The third-order valence-electron chi connectivity index (χ3n) is 2.46. The Bertz CT molecular complexity index is 341. The molecule has 0 bridgehead atoms. The molecule has 0 spiro atoms. The number of carbonyl (C=O) groups excluding carboxylic acids is 2. The highest BCUT2D eigenvalue weighted by Crippen LogP contribution is 2.06. The van der Waals surface area contributed by atoms with Gasteiger partial charge in [0, 0.05) is 33.7 Å². The van der Waals surface area contributed by atoms with Gasteiger partial charge in [-0.05, 0) is 12.8 Å². The fraction of sp³-hybridized carbons (Fsp3) is 0.636. The number of rotatable bonds is 1. The van der Waals surface area contributed by atoms with E-state index in [1.54, 1.807) is 21.0 Å². The number of nitrogens with zero attached hydrogens (tertiary/aromatic N) is 2. The molecule has 0 aliphatic carbocycles. The first kappa shape index (κ1) is 12.5. The molecule has 5 heteroatoms. The lowest BCUT2D eigenvalue weighted by molar-refractivity contribution is -0.142. The normalized spacial score (nSPS) is 19.7. The van der Waals surface area contributed by atoms with Gasteiger partial charge >= 0.3 is 0 Å². The fourth-order valence-electron chi connectivity index (χ4n) is 1.64. The Morgan fingerprint density at radius 1 is 1.44 bits per heavy atom. The lowest BCUT2D eigenvalue weighted by atomic mass is 10.1. The average molecular weight is 223 g/mol. The number of hydrogen-bond donors (Lipinski definition) is 1. The van der Waals surface area contributed by atoms with Gasteiger partial charge in [0.25, 0.3) is 5.91 Å². The van der Waals surface area contributed by atoms with Crippen LogP contribution in [0.3, 0.4) is 0 Å². The van der Waals surface area contributed by atoms with Gasteiger partial charge in [0.05, 0.1) is 0 Å². The molecule has 1 heterocycles. The van der Waals surface area contributed by atoms with Crippen molar-refractivity contribution < 1.29 is 9.59 Å². The monoisotopic (exact) mass is 223 g/mol. The lowest BCUT2D eigenvalue weighted by Gasteiger charge is -2.35. The molecule has 0 aromatic heterocycles. The van der Waals surface area contributed by atoms with Crippen LogP contribution in [0, 0.1) is 11.8 Å². The van der Waals surface area contributed by atoms with Crippen molar-refractivity contribution in [2.45, 2.75) is 13.0 Å². The van der Waals surface area contributed by atoms with Crippen LogP contribution in [-0.4, -0.2) is 61.4 Å². The Labute approximate surface area is 95.8 Å². The van der Waals surface area contributed by atoms with Gasteiger partial charge in [0.1, 0.15) is 6.04 Å². The van der Waals surface area contributed by atoms with Crippen molar-refractivity contribution in [3.05, 3.63) is 0 Å². The second kappa shape index (κ2) is 5.52. The molecule has 1 atom stereocenters. The van der Waals surface area contributed by atoms with E-state index < -0.39 is 6.04 Å². The van der Waals surface area contributed by atoms with E-state index in [1.807, 2.05) is 0 Å². The lowest BCUT2D eigenvalue weighted by Crippen LogP contribution is -2.59. The van der Waals surface area contributed by atoms with Gasteiger partial charge in [-0.1, -0.05) is 5.92 Å². The van der Waals surface area contributed by atoms with E-state index in [9.17, 15) is 9.59 Å². The first-order valence-electron chi connectivity index (χ1n) is 5.23. The summed E-state index contributed by atoms with van der Waals surface area (Å²) in [5, 5.41) is 3.11. The van der Waals surface area contributed by atoms with Gasteiger partial charge < -0.3 is 15.1 Å². The zero-order valence-corrected chi connectivity index (χ0v) is 9.91. The maximum atomic E-state index is 11.9. The van der Waals surface area contributed by atoms with Gasteiger partial charge in [-0.25, -0.2) is 0 Å². The Kier molecular flexibility index (Phi) is 4.32. The summed E-state index contributed by atoms with van der Waals surface area (Å²) in [6.07, 6.45) is 0. The molecule has 0 aromatic carbocycles. The maximum Gasteiger partial charge on any atom is 0.299 e. The molecular formula is C11H17N3O2. The number of carbonyl (C=O) groups is 2. The van der Waals surface area contributed by atoms with Crippen LogP contribution >= 0.6 is 0 Å². The highest BCUT2D eigenvalue weighted by Gasteiger charge is 2.32. The van der Waals surface area contributed by atoms with Crippen LogP contribution in [0.1, 0.15) is 6.92 Å². The highest BCUT2D eigenvalue weighted by atomic mass is 16.2. The molecule has 88 valence electrons. The topological polar surface area (TPSA) is 52.7 Å². The summed E-state index contributed by atoms with van der Waals surface area (Å²) in [4.78, 5) is 26.6. The van der Waals surface area contributed by atoms with Gasteiger partial charge in [-0.2, -0.15) is 0 Å². The zero-order chi connectivity index (χ0) is 12.1. The van der Waals surface area contributed by atoms with Gasteiger partial charge in [0.15, 0.2) is 0 Å². The van der Waals surface area contributed by atoms with E-state index in [1.165, 1.54) is 9.80 Å². The summed E-state index contributed by atoms with van der Waals surface area (Å²) in [5.74, 6) is 4.70. The van der Waals surface area contributed by atoms with E-state index in [-0.39, 0.29) is 11.8 Å². The molecule has 1 aliphatic heterocycles. The molecule has 1 N–H and O–H groups in total. The van der Waals surface area contributed by atoms with Crippen molar-refractivity contribution in [2.24, 2.45) is 0 Å². The molecule has 1 saturated heterocycles. The Morgan fingerprint density at radius 2 is 2.12 bits per heavy atom. The molecule has 0 radical (unpaired) electrons. The second-order valence-corrected chi connectivity index (χ2v) is 3.83. The molecule has 16 heavy (non-hydrogen) atoms. The fourth-order valence-corrected chi connectivity index (χ4v) is 1.64. The number of hydrogen-bond acceptors (Lipinski definition) is 3. The minimum absolute atomic E-state index is 0.0709. The Balaban J connectivity index is 2.81. The van der Waals surface area contributed by atoms with Crippen LogP contribution in [0.4, 0.5) is 0 Å². The summed E-state index contributed by atoms with van der Waals surface area (Å²) >= 11 is 0.